The first-order valence-corrected chi connectivity index (χ1v) is 20.5. The van der Waals surface area contributed by atoms with Gasteiger partial charge in [0.1, 0.15) is 6.10 Å². The highest BCUT2D eigenvalue weighted by Crippen LogP contribution is 2.88. The molecule has 2 spiro atoms. The van der Waals surface area contributed by atoms with Gasteiger partial charge in [-0.3, -0.25) is 4.90 Å². The van der Waals surface area contributed by atoms with E-state index in [1.807, 2.05) is 20.8 Å². The molecule has 13 unspecified atom stereocenters. The van der Waals surface area contributed by atoms with E-state index >= 15 is 0 Å². The van der Waals surface area contributed by atoms with Crippen molar-refractivity contribution < 1.29 is 24.1 Å². The van der Waals surface area contributed by atoms with Crippen LogP contribution in [-0.2, 0) is 18.9 Å². The van der Waals surface area contributed by atoms with E-state index in [1.165, 1.54) is 71.0 Å². The number of morpholine rings is 1. The van der Waals surface area contributed by atoms with Gasteiger partial charge in [-0.1, -0.05) is 20.8 Å². The van der Waals surface area contributed by atoms with Crippen LogP contribution in [0.3, 0.4) is 0 Å². The minimum Gasteiger partial charge on any atom is -0.388 e. The van der Waals surface area contributed by atoms with E-state index in [0.717, 1.165) is 61.6 Å². The monoisotopic (exact) mass is 671 g/mol. The zero-order valence-corrected chi connectivity index (χ0v) is 31.8. The maximum Gasteiger partial charge on any atom is 0.170 e. The SMILES string of the molecule is CCOC(C1CCC2C(CC3C2CCC24C3CCC3C(C)(C)C(OC5CN(CC6CN(C(C)C)C6)CCO5)CCC32C4C)O1)C(C)(C)O. The number of likely N-dealkylation sites (tertiary alicyclic amines) is 1. The van der Waals surface area contributed by atoms with Gasteiger partial charge in [0.2, 0.25) is 0 Å². The third-order valence-corrected chi connectivity index (χ3v) is 16.6. The lowest BCUT2D eigenvalue weighted by Crippen LogP contribution is -2.57. The summed E-state index contributed by atoms with van der Waals surface area (Å²) in [5.41, 5.74) is 0.299. The van der Waals surface area contributed by atoms with Crippen LogP contribution in [0.4, 0.5) is 0 Å². The van der Waals surface area contributed by atoms with E-state index in [0.29, 0.717) is 35.5 Å². The summed E-state index contributed by atoms with van der Waals surface area (Å²) in [6.45, 7) is 25.3. The lowest BCUT2D eigenvalue weighted by Gasteiger charge is -2.58. The van der Waals surface area contributed by atoms with Crippen LogP contribution >= 0.6 is 0 Å². The summed E-state index contributed by atoms with van der Waals surface area (Å²) < 4.78 is 26.4. The van der Waals surface area contributed by atoms with Crippen molar-refractivity contribution in [2.45, 2.75) is 156 Å². The molecule has 0 aromatic carbocycles. The summed E-state index contributed by atoms with van der Waals surface area (Å²) in [6, 6.07) is 0.667. The average Bonchev–Trinajstić information content (AvgIpc) is 3.32. The van der Waals surface area contributed by atoms with E-state index in [4.69, 9.17) is 18.9 Å². The lowest BCUT2D eigenvalue weighted by molar-refractivity contribution is -0.246. The Morgan fingerprint density at radius 3 is 2.44 bits per heavy atom. The predicted octanol–water partition coefficient (Wildman–Crippen LogP) is 6.61. The van der Waals surface area contributed by atoms with Crippen LogP contribution in [-0.4, -0.2) is 103 Å². The first-order chi connectivity index (χ1) is 22.8. The molecule has 0 aromatic heterocycles. The van der Waals surface area contributed by atoms with Gasteiger partial charge in [0.05, 0.1) is 30.5 Å². The van der Waals surface area contributed by atoms with E-state index in [1.54, 1.807) is 0 Å². The second kappa shape index (κ2) is 12.4. The van der Waals surface area contributed by atoms with Crippen molar-refractivity contribution in [3.8, 4) is 0 Å². The maximum absolute atomic E-state index is 10.9. The molecule has 13 atom stereocenters. The largest absolute Gasteiger partial charge is 0.388 e. The Bertz CT molecular complexity index is 1170. The molecule has 0 aromatic rings. The Morgan fingerprint density at radius 1 is 0.938 bits per heavy atom. The number of aliphatic hydroxyl groups is 1. The van der Waals surface area contributed by atoms with Gasteiger partial charge in [0, 0.05) is 45.4 Å². The molecule has 7 nitrogen and oxygen atoms in total. The number of ether oxygens (including phenoxy) is 4. The summed E-state index contributed by atoms with van der Waals surface area (Å²) in [4.78, 5) is 5.22. The molecule has 48 heavy (non-hydrogen) atoms. The molecule has 274 valence electrons. The predicted molar refractivity (Wildman–Crippen MR) is 188 cm³/mol. The number of rotatable bonds is 9. The minimum atomic E-state index is -0.888. The molecule has 3 saturated heterocycles. The van der Waals surface area contributed by atoms with Crippen LogP contribution in [0.5, 0.6) is 0 Å². The van der Waals surface area contributed by atoms with Crippen LogP contribution in [0, 0.1) is 57.7 Å². The summed E-state index contributed by atoms with van der Waals surface area (Å²) in [7, 11) is 0. The molecule has 1 N–H and O–H groups in total. The minimum absolute atomic E-state index is 0.00647. The summed E-state index contributed by atoms with van der Waals surface area (Å²) in [6.07, 6.45) is 11.9. The molecule has 5 saturated carbocycles. The zero-order chi connectivity index (χ0) is 33.8. The average molecular weight is 671 g/mol. The third-order valence-electron chi connectivity index (χ3n) is 16.6. The van der Waals surface area contributed by atoms with Crippen molar-refractivity contribution >= 4 is 0 Å². The van der Waals surface area contributed by atoms with Crippen molar-refractivity contribution in [3.05, 3.63) is 0 Å². The molecule has 0 amide bonds. The van der Waals surface area contributed by atoms with Gasteiger partial charge < -0.3 is 29.0 Å². The second-order valence-corrected chi connectivity index (χ2v) is 19.6. The highest BCUT2D eigenvalue weighted by atomic mass is 16.7. The number of nitrogens with zero attached hydrogens (tertiary/aromatic N) is 2. The Labute approximate surface area is 292 Å². The maximum atomic E-state index is 10.9. The Balaban J connectivity index is 0.922. The highest BCUT2D eigenvalue weighted by molar-refractivity contribution is 5.31. The van der Waals surface area contributed by atoms with Gasteiger partial charge in [0.25, 0.3) is 0 Å². The molecule has 8 fully saturated rings. The lowest BCUT2D eigenvalue weighted by atomic mass is 9.48. The zero-order valence-electron chi connectivity index (χ0n) is 31.8. The Kier molecular flexibility index (Phi) is 8.99. The van der Waals surface area contributed by atoms with E-state index in [9.17, 15) is 5.11 Å². The van der Waals surface area contributed by atoms with Gasteiger partial charge >= 0.3 is 0 Å². The molecular weight excluding hydrogens is 600 g/mol. The molecule has 0 bridgehead atoms. The van der Waals surface area contributed by atoms with Crippen LogP contribution < -0.4 is 0 Å². The molecular formula is C41H70N2O5. The standard InChI is InChI=1S/C41H70N2O5/c1-9-45-37(39(7,8)44)32-12-10-29-28-14-16-40-26(4)41(40)17-15-35(38(5,6)34(41)13-11-31(40)30(28)20-33(29)47-32)48-36-24-42(18-19-46-36)21-27-22-43(23-27)25(2)3/h25-37,44H,9-24H2,1-8H3. The van der Waals surface area contributed by atoms with E-state index in [2.05, 4.69) is 44.4 Å². The first-order valence-electron chi connectivity index (χ1n) is 20.5. The smallest absolute Gasteiger partial charge is 0.170 e. The van der Waals surface area contributed by atoms with Gasteiger partial charge in [-0.15, -0.1) is 0 Å². The quantitative estimate of drug-likeness (QED) is 0.296. The fourth-order valence-electron chi connectivity index (χ4n) is 14.6. The fraction of sp³-hybridized carbons (Fsp3) is 1.00. The molecule has 8 aliphatic rings. The van der Waals surface area contributed by atoms with Gasteiger partial charge in [-0.05, 0) is 150 Å². The summed E-state index contributed by atoms with van der Waals surface area (Å²) in [5.74, 6) is 5.56. The topological polar surface area (TPSA) is 63.6 Å². The van der Waals surface area contributed by atoms with Crippen LogP contribution in [0.15, 0.2) is 0 Å². The van der Waals surface area contributed by atoms with Crippen molar-refractivity contribution in [2.75, 3.05) is 45.9 Å². The number of hydrogen-bond donors (Lipinski definition) is 1. The van der Waals surface area contributed by atoms with Gasteiger partial charge in [-0.2, -0.15) is 0 Å². The first kappa shape index (κ1) is 34.8. The highest BCUT2D eigenvalue weighted by Gasteiger charge is 2.84. The molecule has 5 aliphatic carbocycles. The van der Waals surface area contributed by atoms with Crippen LogP contribution in [0.25, 0.3) is 0 Å². The molecule has 7 heteroatoms. The van der Waals surface area contributed by atoms with Gasteiger partial charge in [0.15, 0.2) is 6.29 Å². The van der Waals surface area contributed by atoms with Crippen molar-refractivity contribution in [1.82, 2.24) is 9.80 Å². The second-order valence-electron chi connectivity index (χ2n) is 19.6. The van der Waals surface area contributed by atoms with Gasteiger partial charge in [-0.25, -0.2) is 0 Å². The number of hydrogen-bond acceptors (Lipinski definition) is 7. The van der Waals surface area contributed by atoms with E-state index < -0.39 is 5.60 Å². The van der Waals surface area contributed by atoms with Crippen molar-refractivity contribution in [3.63, 3.8) is 0 Å². The molecule has 8 rings (SSSR count). The Morgan fingerprint density at radius 2 is 1.71 bits per heavy atom. The van der Waals surface area contributed by atoms with Crippen LogP contribution in [0.1, 0.15) is 113 Å². The summed E-state index contributed by atoms with van der Waals surface area (Å²) >= 11 is 0. The fourth-order valence-corrected chi connectivity index (χ4v) is 14.6. The molecule has 3 heterocycles. The number of fused-ring (bicyclic) bond motifs is 4. The van der Waals surface area contributed by atoms with Crippen LogP contribution in [0.2, 0.25) is 0 Å². The van der Waals surface area contributed by atoms with Crippen molar-refractivity contribution in [1.29, 1.82) is 0 Å². The molecule has 3 aliphatic heterocycles. The Hall–Kier alpha value is -0.280. The summed E-state index contributed by atoms with van der Waals surface area (Å²) in [5, 5.41) is 10.9. The van der Waals surface area contributed by atoms with Crippen molar-refractivity contribution in [2.24, 2.45) is 57.7 Å². The third kappa shape index (κ3) is 5.27. The van der Waals surface area contributed by atoms with E-state index in [-0.39, 0.29) is 30.0 Å². The normalized spacial score (nSPS) is 48.1. The molecule has 0 radical (unpaired) electrons.